The molecule has 37 heavy (non-hydrogen) atoms. The molecule has 192 valence electrons. The molecule has 0 aromatic heterocycles. The van der Waals surface area contributed by atoms with Crippen molar-refractivity contribution in [1.82, 2.24) is 0 Å². The van der Waals surface area contributed by atoms with Crippen molar-refractivity contribution in [2.24, 2.45) is 0 Å². The van der Waals surface area contributed by atoms with E-state index >= 15 is 4.39 Å². The summed E-state index contributed by atoms with van der Waals surface area (Å²) < 4.78 is 96.9. The predicted molar refractivity (Wildman–Crippen MR) is 131 cm³/mol. The number of hydrogen-bond acceptors (Lipinski definition) is 0. The van der Waals surface area contributed by atoms with Crippen molar-refractivity contribution in [3.63, 3.8) is 0 Å². The normalized spacial score (nSPS) is 12.1. The van der Waals surface area contributed by atoms with Gasteiger partial charge in [0.15, 0.2) is 0 Å². The van der Waals surface area contributed by atoms with E-state index in [0.717, 1.165) is 6.07 Å². The van der Waals surface area contributed by atoms with Crippen molar-refractivity contribution in [3.05, 3.63) is 118 Å². The SMILES string of the molecule is C/C=C/CCc1cc(F)c(-c2ccc3c(F)c(CCc4ccc(C(F)(F)F)c(F)c4)ccc3c2)c(F)c1. The molecule has 0 radical (unpaired) electrons. The Bertz CT molecular complexity index is 1440. The zero-order valence-electron chi connectivity index (χ0n) is 19.9. The molecule has 0 spiro atoms. The predicted octanol–water partition coefficient (Wildman–Crippen LogP) is 9.38. The highest BCUT2D eigenvalue weighted by molar-refractivity contribution is 5.88. The Hall–Kier alpha value is -3.61. The highest BCUT2D eigenvalue weighted by atomic mass is 19.4. The molecule has 0 aliphatic rings. The first-order valence-electron chi connectivity index (χ1n) is 11.7. The molecule has 4 rings (SSSR count). The van der Waals surface area contributed by atoms with Gasteiger partial charge in [-0.3, -0.25) is 0 Å². The van der Waals surface area contributed by atoms with Crippen molar-refractivity contribution in [2.75, 3.05) is 0 Å². The van der Waals surface area contributed by atoms with Gasteiger partial charge in [-0.2, -0.15) is 13.2 Å². The fraction of sp³-hybridized carbons (Fsp3) is 0.200. The van der Waals surface area contributed by atoms with E-state index in [-0.39, 0.29) is 29.4 Å². The maximum absolute atomic E-state index is 15.2. The first kappa shape index (κ1) is 26.5. The second kappa shape index (κ2) is 10.8. The quantitative estimate of drug-likeness (QED) is 0.170. The summed E-state index contributed by atoms with van der Waals surface area (Å²) in [6.07, 6.45) is 0.432. The van der Waals surface area contributed by atoms with Gasteiger partial charge in [0, 0.05) is 5.39 Å². The number of alkyl halides is 3. The highest BCUT2D eigenvalue weighted by Gasteiger charge is 2.33. The minimum atomic E-state index is -4.79. The first-order valence-corrected chi connectivity index (χ1v) is 11.7. The van der Waals surface area contributed by atoms with Gasteiger partial charge in [0.05, 0.1) is 11.1 Å². The van der Waals surface area contributed by atoms with Gasteiger partial charge < -0.3 is 0 Å². The van der Waals surface area contributed by atoms with E-state index in [4.69, 9.17) is 0 Å². The summed E-state index contributed by atoms with van der Waals surface area (Å²) in [4.78, 5) is 0. The lowest BCUT2D eigenvalue weighted by atomic mass is 9.95. The molecule has 0 amide bonds. The molecule has 4 aromatic rings. The smallest absolute Gasteiger partial charge is 0.206 e. The number of hydrogen-bond donors (Lipinski definition) is 0. The zero-order chi connectivity index (χ0) is 26.7. The second-order valence-corrected chi connectivity index (χ2v) is 8.83. The number of fused-ring (bicyclic) bond motifs is 1. The third-order valence-electron chi connectivity index (χ3n) is 6.28. The molecule has 0 saturated carbocycles. The van der Waals surface area contributed by atoms with Gasteiger partial charge in [0.25, 0.3) is 0 Å². The molecule has 0 aliphatic heterocycles. The zero-order valence-corrected chi connectivity index (χ0v) is 19.9. The number of allylic oxidation sites excluding steroid dienone is 2. The highest BCUT2D eigenvalue weighted by Crippen LogP contribution is 2.33. The van der Waals surface area contributed by atoms with Crippen LogP contribution >= 0.6 is 0 Å². The molecule has 0 N–H and O–H groups in total. The van der Waals surface area contributed by atoms with Crippen LogP contribution in [0.5, 0.6) is 0 Å². The lowest BCUT2D eigenvalue weighted by molar-refractivity contribution is -0.140. The van der Waals surface area contributed by atoms with E-state index in [0.29, 0.717) is 41.0 Å². The topological polar surface area (TPSA) is 0 Å². The Balaban J connectivity index is 1.56. The molecular formula is C30H23F7. The maximum atomic E-state index is 15.2. The van der Waals surface area contributed by atoms with E-state index in [1.54, 1.807) is 6.07 Å². The molecule has 0 nitrogen and oxygen atoms in total. The molecule has 0 saturated heterocycles. The molecule has 0 unspecified atom stereocenters. The van der Waals surface area contributed by atoms with Crippen LogP contribution in [0.4, 0.5) is 30.7 Å². The minimum Gasteiger partial charge on any atom is -0.206 e. The van der Waals surface area contributed by atoms with Crippen molar-refractivity contribution in [2.45, 2.75) is 38.8 Å². The van der Waals surface area contributed by atoms with Crippen LogP contribution in [0.25, 0.3) is 21.9 Å². The Morgan fingerprint density at radius 1 is 0.703 bits per heavy atom. The summed E-state index contributed by atoms with van der Waals surface area (Å²) in [6, 6.07) is 12.8. The standard InChI is InChI=1S/C30H23F7/c1-2-3-4-5-19-15-26(32)28(27(33)16-19)22-11-12-23-21(17-22)10-9-20(29(23)34)8-6-18-7-13-24(25(31)14-18)30(35,36)37/h2-3,7,9-17H,4-6,8H2,1H3/b3-2+. The van der Waals surface area contributed by atoms with Crippen LogP contribution in [0, 0.1) is 23.3 Å². The lowest BCUT2D eigenvalue weighted by Crippen LogP contribution is -2.08. The van der Waals surface area contributed by atoms with Crippen LogP contribution in [0.3, 0.4) is 0 Å². The van der Waals surface area contributed by atoms with Crippen molar-refractivity contribution >= 4 is 10.8 Å². The maximum Gasteiger partial charge on any atom is 0.419 e. The first-order chi connectivity index (χ1) is 17.6. The number of aryl methyl sites for hydroxylation is 3. The Morgan fingerprint density at radius 2 is 1.41 bits per heavy atom. The Kier molecular flexibility index (Phi) is 7.71. The summed E-state index contributed by atoms with van der Waals surface area (Å²) >= 11 is 0. The summed E-state index contributed by atoms with van der Waals surface area (Å²) in [5.41, 5.74) is -0.120. The number of benzene rings is 4. The summed E-state index contributed by atoms with van der Waals surface area (Å²) in [7, 11) is 0. The van der Waals surface area contributed by atoms with Crippen LogP contribution in [-0.4, -0.2) is 0 Å². The van der Waals surface area contributed by atoms with Gasteiger partial charge in [0.2, 0.25) is 0 Å². The average Bonchev–Trinajstić information content (AvgIpc) is 2.82. The van der Waals surface area contributed by atoms with Gasteiger partial charge in [-0.1, -0.05) is 42.5 Å². The van der Waals surface area contributed by atoms with Gasteiger partial charge in [0.1, 0.15) is 23.3 Å². The van der Waals surface area contributed by atoms with E-state index in [1.807, 2.05) is 19.1 Å². The number of rotatable bonds is 7. The Labute approximate surface area is 210 Å². The van der Waals surface area contributed by atoms with Gasteiger partial charge in [-0.25, -0.2) is 17.6 Å². The van der Waals surface area contributed by atoms with Gasteiger partial charge >= 0.3 is 6.18 Å². The fourth-order valence-corrected chi connectivity index (χ4v) is 4.37. The van der Waals surface area contributed by atoms with E-state index in [2.05, 4.69) is 0 Å². The average molecular weight is 517 g/mol. The fourth-order valence-electron chi connectivity index (χ4n) is 4.37. The molecule has 0 atom stereocenters. The summed E-state index contributed by atoms with van der Waals surface area (Å²) in [6.45, 7) is 1.87. The second-order valence-electron chi connectivity index (χ2n) is 8.83. The minimum absolute atomic E-state index is 0.131. The summed E-state index contributed by atoms with van der Waals surface area (Å²) in [5.74, 6) is -3.31. The lowest BCUT2D eigenvalue weighted by Gasteiger charge is -2.12. The van der Waals surface area contributed by atoms with Crippen LogP contribution in [-0.2, 0) is 25.4 Å². The van der Waals surface area contributed by atoms with Crippen molar-refractivity contribution in [1.29, 1.82) is 0 Å². The molecular weight excluding hydrogens is 493 g/mol. The van der Waals surface area contributed by atoms with Gasteiger partial charge in [-0.15, -0.1) is 0 Å². The van der Waals surface area contributed by atoms with Crippen LogP contribution < -0.4 is 0 Å². The molecule has 7 heteroatoms. The van der Waals surface area contributed by atoms with Crippen LogP contribution in [0.1, 0.15) is 35.6 Å². The van der Waals surface area contributed by atoms with Crippen LogP contribution in [0.15, 0.2) is 72.8 Å². The summed E-state index contributed by atoms with van der Waals surface area (Å²) in [5, 5.41) is 0.680. The van der Waals surface area contributed by atoms with E-state index in [1.165, 1.54) is 42.5 Å². The third kappa shape index (κ3) is 5.87. The number of halogens is 7. The van der Waals surface area contributed by atoms with E-state index < -0.39 is 35.0 Å². The monoisotopic (exact) mass is 516 g/mol. The molecule has 0 fully saturated rings. The largest absolute Gasteiger partial charge is 0.419 e. The molecule has 4 aromatic carbocycles. The third-order valence-corrected chi connectivity index (χ3v) is 6.28. The molecule has 0 aliphatic carbocycles. The Morgan fingerprint density at radius 3 is 2.05 bits per heavy atom. The molecule has 0 heterocycles. The van der Waals surface area contributed by atoms with Gasteiger partial charge in [-0.05, 0) is 90.6 Å². The van der Waals surface area contributed by atoms with Crippen molar-refractivity contribution in [3.8, 4) is 11.1 Å². The van der Waals surface area contributed by atoms with Crippen molar-refractivity contribution < 1.29 is 30.7 Å². The van der Waals surface area contributed by atoms with Crippen LogP contribution in [0.2, 0.25) is 0 Å². The van der Waals surface area contributed by atoms with E-state index in [9.17, 15) is 26.3 Å². The molecule has 0 bridgehead atoms.